The van der Waals surface area contributed by atoms with E-state index in [1.54, 1.807) is 0 Å². The zero-order valence-corrected chi connectivity index (χ0v) is 23.7. The molecule has 0 saturated heterocycles. The zero-order chi connectivity index (χ0) is 26.3. The molecule has 186 valence electrons. The molecular formula is C36H42. The monoisotopic (exact) mass is 474 g/mol. The van der Waals surface area contributed by atoms with Gasteiger partial charge in [-0.2, -0.15) is 0 Å². The normalized spacial score (nSPS) is 12.6. The quantitative estimate of drug-likeness (QED) is 0.261. The molecule has 0 amide bonds. The number of hydrogen-bond acceptors (Lipinski definition) is 0. The molecule has 0 N–H and O–H groups in total. The van der Waals surface area contributed by atoms with E-state index in [1.807, 2.05) is 0 Å². The number of rotatable bonds is 6. The predicted molar refractivity (Wildman–Crippen MR) is 156 cm³/mol. The van der Waals surface area contributed by atoms with Gasteiger partial charge in [0, 0.05) is 16.2 Å². The molecule has 0 heterocycles. The van der Waals surface area contributed by atoms with Gasteiger partial charge in [0.1, 0.15) is 0 Å². The SMILES string of the molecule is Cc1ccc(C(C)(C)c2cc(C(C)(C)c3cccc(C)c3)cc(C(C)(C)c3cccc(C)c3)c2)cc1. The van der Waals surface area contributed by atoms with Crippen molar-refractivity contribution in [3.8, 4) is 0 Å². The fourth-order valence-corrected chi connectivity index (χ4v) is 5.25. The lowest BCUT2D eigenvalue weighted by molar-refractivity contribution is 0.595. The van der Waals surface area contributed by atoms with E-state index in [-0.39, 0.29) is 16.2 Å². The Bertz CT molecular complexity index is 1290. The first-order valence-corrected chi connectivity index (χ1v) is 13.2. The van der Waals surface area contributed by atoms with Gasteiger partial charge in [0.05, 0.1) is 0 Å². The molecule has 0 atom stereocenters. The van der Waals surface area contributed by atoms with Crippen molar-refractivity contribution in [2.75, 3.05) is 0 Å². The standard InChI is InChI=1S/C36H42/c1-25-16-18-28(19-17-25)34(4,5)31-22-32(35(6,7)29-14-10-12-26(2)20-29)24-33(23-31)36(8,9)30-15-11-13-27(3)21-30/h10-24H,1-9H3. The molecule has 0 heteroatoms. The molecule has 0 saturated carbocycles. The maximum absolute atomic E-state index is 2.46. The van der Waals surface area contributed by atoms with Gasteiger partial charge in [0.2, 0.25) is 0 Å². The first kappa shape index (κ1) is 26.0. The van der Waals surface area contributed by atoms with Gasteiger partial charge in [-0.3, -0.25) is 0 Å². The Balaban J connectivity index is 1.96. The third kappa shape index (κ3) is 4.92. The molecule has 0 aliphatic rings. The van der Waals surface area contributed by atoms with Gasteiger partial charge in [0.15, 0.2) is 0 Å². The number of aryl methyl sites for hydroxylation is 3. The lowest BCUT2D eigenvalue weighted by atomic mass is 9.69. The predicted octanol–water partition coefficient (Wildman–Crippen LogP) is 9.59. The Kier molecular flexibility index (Phi) is 6.78. The summed E-state index contributed by atoms with van der Waals surface area (Å²) < 4.78 is 0. The summed E-state index contributed by atoms with van der Waals surface area (Å²) in [6.07, 6.45) is 0. The lowest BCUT2D eigenvalue weighted by Crippen LogP contribution is -2.27. The van der Waals surface area contributed by atoms with E-state index in [4.69, 9.17) is 0 Å². The molecular weight excluding hydrogens is 432 g/mol. The van der Waals surface area contributed by atoms with Crippen LogP contribution in [-0.4, -0.2) is 0 Å². The summed E-state index contributed by atoms with van der Waals surface area (Å²) in [6.45, 7) is 20.7. The second-order valence-electron chi connectivity index (χ2n) is 12.3. The van der Waals surface area contributed by atoms with Gasteiger partial charge in [-0.1, -0.05) is 149 Å². The molecule has 0 radical (unpaired) electrons. The van der Waals surface area contributed by atoms with Crippen LogP contribution in [0, 0.1) is 20.8 Å². The van der Waals surface area contributed by atoms with Crippen molar-refractivity contribution in [2.45, 2.75) is 78.6 Å². The molecule has 0 fully saturated rings. The van der Waals surface area contributed by atoms with Crippen LogP contribution in [-0.2, 0) is 16.2 Å². The van der Waals surface area contributed by atoms with Crippen LogP contribution in [0.25, 0.3) is 0 Å². The minimum Gasteiger partial charge on any atom is -0.0617 e. The molecule has 0 nitrogen and oxygen atoms in total. The van der Waals surface area contributed by atoms with Crippen LogP contribution in [0.2, 0.25) is 0 Å². The van der Waals surface area contributed by atoms with Crippen LogP contribution in [0.5, 0.6) is 0 Å². The smallest absolute Gasteiger partial charge is 0.0146 e. The summed E-state index contributed by atoms with van der Waals surface area (Å²) in [5.41, 5.74) is 11.7. The van der Waals surface area contributed by atoms with Crippen molar-refractivity contribution in [2.24, 2.45) is 0 Å². The lowest BCUT2D eigenvalue weighted by Gasteiger charge is -2.35. The second-order valence-corrected chi connectivity index (χ2v) is 12.3. The van der Waals surface area contributed by atoms with Gasteiger partial charge in [-0.15, -0.1) is 0 Å². The Morgan fingerprint density at radius 3 is 1.06 bits per heavy atom. The molecule has 4 aromatic rings. The van der Waals surface area contributed by atoms with E-state index >= 15 is 0 Å². The van der Waals surface area contributed by atoms with Crippen molar-refractivity contribution < 1.29 is 0 Å². The van der Waals surface area contributed by atoms with Gasteiger partial charge >= 0.3 is 0 Å². The van der Waals surface area contributed by atoms with Crippen molar-refractivity contribution in [3.63, 3.8) is 0 Å². The molecule has 4 aromatic carbocycles. The molecule has 0 bridgehead atoms. The third-order valence-electron chi connectivity index (χ3n) is 8.35. The Morgan fingerprint density at radius 2 is 0.694 bits per heavy atom. The molecule has 0 aliphatic carbocycles. The number of benzene rings is 4. The summed E-state index contributed by atoms with van der Waals surface area (Å²) >= 11 is 0. The van der Waals surface area contributed by atoms with Crippen molar-refractivity contribution in [3.05, 3.63) is 141 Å². The molecule has 0 unspecified atom stereocenters. The largest absolute Gasteiger partial charge is 0.0617 e. The zero-order valence-electron chi connectivity index (χ0n) is 23.7. The van der Waals surface area contributed by atoms with Crippen molar-refractivity contribution in [1.29, 1.82) is 0 Å². The van der Waals surface area contributed by atoms with Crippen molar-refractivity contribution >= 4 is 0 Å². The highest BCUT2D eigenvalue weighted by molar-refractivity contribution is 5.51. The van der Waals surface area contributed by atoms with E-state index < -0.39 is 0 Å². The summed E-state index contributed by atoms with van der Waals surface area (Å²) in [5.74, 6) is 0. The number of hydrogen-bond donors (Lipinski definition) is 0. The van der Waals surface area contributed by atoms with Gasteiger partial charge in [-0.25, -0.2) is 0 Å². The fraction of sp³-hybridized carbons (Fsp3) is 0.333. The average Bonchev–Trinajstić information content (AvgIpc) is 2.84. The molecule has 0 aliphatic heterocycles. The Labute approximate surface area is 219 Å². The average molecular weight is 475 g/mol. The van der Waals surface area contributed by atoms with Crippen LogP contribution in [0.15, 0.2) is 91.0 Å². The Hall–Kier alpha value is -3.12. The summed E-state index contributed by atoms with van der Waals surface area (Å²) in [6, 6.07) is 34.4. The van der Waals surface area contributed by atoms with Crippen LogP contribution < -0.4 is 0 Å². The van der Waals surface area contributed by atoms with Crippen LogP contribution in [0.3, 0.4) is 0 Å². The molecule has 4 rings (SSSR count). The van der Waals surface area contributed by atoms with Crippen LogP contribution in [0.4, 0.5) is 0 Å². The molecule has 0 aromatic heterocycles. The topological polar surface area (TPSA) is 0 Å². The van der Waals surface area contributed by atoms with E-state index in [0.29, 0.717) is 0 Å². The minimum atomic E-state index is -0.122. The van der Waals surface area contributed by atoms with Crippen LogP contribution in [0.1, 0.15) is 91.6 Å². The third-order valence-corrected chi connectivity index (χ3v) is 8.35. The molecule has 36 heavy (non-hydrogen) atoms. The minimum absolute atomic E-state index is 0.121. The van der Waals surface area contributed by atoms with E-state index in [0.717, 1.165) is 0 Å². The Morgan fingerprint density at radius 1 is 0.333 bits per heavy atom. The van der Waals surface area contributed by atoms with Crippen molar-refractivity contribution in [1.82, 2.24) is 0 Å². The maximum Gasteiger partial charge on any atom is 0.0146 e. The first-order valence-electron chi connectivity index (χ1n) is 13.2. The summed E-state index contributed by atoms with van der Waals surface area (Å²) in [4.78, 5) is 0. The highest BCUT2D eigenvalue weighted by Crippen LogP contribution is 2.42. The maximum atomic E-state index is 2.46. The fourth-order valence-electron chi connectivity index (χ4n) is 5.25. The van der Waals surface area contributed by atoms with E-state index in [1.165, 1.54) is 50.1 Å². The van der Waals surface area contributed by atoms with Crippen LogP contribution >= 0.6 is 0 Å². The summed E-state index contributed by atoms with van der Waals surface area (Å²) in [5, 5.41) is 0. The van der Waals surface area contributed by atoms with E-state index in [9.17, 15) is 0 Å². The molecule has 0 spiro atoms. The van der Waals surface area contributed by atoms with Gasteiger partial charge < -0.3 is 0 Å². The second kappa shape index (κ2) is 9.40. The van der Waals surface area contributed by atoms with E-state index in [2.05, 4.69) is 153 Å². The highest BCUT2D eigenvalue weighted by atomic mass is 14.4. The highest BCUT2D eigenvalue weighted by Gasteiger charge is 2.32. The summed E-state index contributed by atoms with van der Waals surface area (Å²) in [7, 11) is 0. The van der Waals surface area contributed by atoms with Gasteiger partial charge in [0.25, 0.3) is 0 Å². The first-order chi connectivity index (χ1) is 16.8. The van der Waals surface area contributed by atoms with Gasteiger partial charge in [-0.05, 0) is 54.2 Å².